The van der Waals surface area contributed by atoms with E-state index in [9.17, 15) is 8.42 Å². The molecular weight excluding hydrogens is 234 g/mol. The second-order valence-electron chi connectivity index (χ2n) is 2.33. The Morgan fingerprint density at radius 3 is 2.57 bits per heavy atom. The summed E-state index contributed by atoms with van der Waals surface area (Å²) in [6.07, 6.45) is 1.25. The number of rotatable bonds is 0. The van der Waals surface area contributed by atoms with Crippen LogP contribution in [0.3, 0.4) is 0 Å². The first-order valence-corrected chi connectivity index (χ1v) is 5.34. The Hall–Kier alpha value is -1.35. The van der Waals surface area contributed by atoms with Crippen LogP contribution in [0.1, 0.15) is 0 Å². The fraction of sp³-hybridized carbons (Fsp3) is 0. The highest BCUT2D eigenvalue weighted by Gasteiger charge is 2.36. The van der Waals surface area contributed by atoms with Crippen molar-refractivity contribution in [3.05, 3.63) is 6.20 Å². The summed E-state index contributed by atoms with van der Waals surface area (Å²) >= 11 is -3.82. The van der Waals surface area contributed by atoms with Gasteiger partial charge in [-0.1, -0.05) is 0 Å². The van der Waals surface area contributed by atoms with E-state index in [4.69, 9.17) is 12.5 Å². The van der Waals surface area contributed by atoms with Crippen molar-refractivity contribution in [3.8, 4) is 23.1 Å². The standard InChI is InChI=1S/C5HNO6S2/c7-13-9-2-1-6-5-4(3(2)10-13)11-14(8)12-5/h1H. The molecule has 0 N–H and O–H groups in total. The molecule has 7 nitrogen and oxygen atoms in total. The van der Waals surface area contributed by atoms with E-state index in [1.807, 2.05) is 0 Å². The molecule has 0 aliphatic carbocycles. The van der Waals surface area contributed by atoms with Gasteiger partial charge < -0.3 is 16.7 Å². The topological polar surface area (TPSA) is 84.0 Å². The van der Waals surface area contributed by atoms with Crippen LogP contribution in [0.2, 0.25) is 0 Å². The van der Waals surface area contributed by atoms with Gasteiger partial charge in [0.2, 0.25) is 11.5 Å². The number of nitrogens with zero attached hydrogens (tertiary/aromatic N) is 1. The largest absolute Gasteiger partial charge is 0.419 e. The fourth-order valence-corrected chi connectivity index (χ4v) is 2.18. The Morgan fingerprint density at radius 1 is 1.00 bits per heavy atom. The van der Waals surface area contributed by atoms with Gasteiger partial charge in [0.25, 0.3) is 11.6 Å². The minimum atomic E-state index is -1.92. The predicted octanol–water partition coefficient (Wildman–Crippen LogP) is -0.219. The lowest BCUT2D eigenvalue weighted by atomic mass is 10.4. The summed E-state index contributed by atoms with van der Waals surface area (Å²) in [5.41, 5.74) is 0. The van der Waals surface area contributed by atoms with Crippen molar-refractivity contribution in [1.82, 2.24) is 4.98 Å². The highest BCUT2D eigenvalue weighted by atomic mass is 32.2. The Balaban J connectivity index is 2.19. The molecule has 0 aromatic carbocycles. The summed E-state index contributed by atoms with van der Waals surface area (Å²) in [4.78, 5) is 3.74. The predicted molar refractivity (Wildman–Crippen MR) is 43.0 cm³/mol. The number of pyridine rings is 1. The number of hydrogen-bond acceptors (Lipinski definition) is 7. The molecule has 2 unspecified atom stereocenters. The molecule has 0 fully saturated rings. The van der Waals surface area contributed by atoms with Gasteiger partial charge in [-0.3, -0.25) is 0 Å². The maximum absolute atomic E-state index is 10.8. The van der Waals surface area contributed by atoms with E-state index in [1.165, 1.54) is 6.20 Å². The van der Waals surface area contributed by atoms with Gasteiger partial charge in [0.15, 0.2) is 0 Å². The molecule has 14 heavy (non-hydrogen) atoms. The van der Waals surface area contributed by atoms with Gasteiger partial charge >= 0.3 is 22.7 Å². The normalized spacial score (nSPS) is 26.6. The molecule has 2 aliphatic rings. The van der Waals surface area contributed by atoms with Crippen LogP contribution >= 0.6 is 0 Å². The maximum Gasteiger partial charge on any atom is 0.419 e. The summed E-state index contributed by atoms with van der Waals surface area (Å²) in [5.74, 6) is 0.347. The molecule has 0 radical (unpaired) electrons. The minimum Gasteiger partial charge on any atom is -0.365 e. The average Bonchev–Trinajstić information content (AvgIpc) is 2.65. The van der Waals surface area contributed by atoms with Crippen molar-refractivity contribution in [2.45, 2.75) is 0 Å². The smallest absolute Gasteiger partial charge is 0.365 e. The molecule has 0 saturated heterocycles. The second kappa shape index (κ2) is 2.58. The summed E-state index contributed by atoms with van der Waals surface area (Å²) in [6.45, 7) is 0. The van der Waals surface area contributed by atoms with Crippen LogP contribution in [0.5, 0.6) is 23.1 Å². The molecule has 0 amide bonds. The van der Waals surface area contributed by atoms with Gasteiger partial charge in [0.1, 0.15) is 0 Å². The van der Waals surface area contributed by atoms with Crippen LogP contribution in [0.15, 0.2) is 6.20 Å². The first kappa shape index (κ1) is 8.00. The van der Waals surface area contributed by atoms with Crippen molar-refractivity contribution < 1.29 is 25.2 Å². The Kier molecular flexibility index (Phi) is 1.47. The van der Waals surface area contributed by atoms with E-state index < -0.39 is 22.7 Å². The second-order valence-corrected chi connectivity index (χ2v) is 3.81. The number of fused-ring (bicyclic) bond motifs is 3. The third-order valence-electron chi connectivity index (χ3n) is 1.53. The van der Waals surface area contributed by atoms with E-state index in [2.05, 4.69) is 9.17 Å². The third kappa shape index (κ3) is 0.990. The molecule has 3 heterocycles. The van der Waals surface area contributed by atoms with E-state index in [1.54, 1.807) is 0 Å². The summed E-state index contributed by atoms with van der Waals surface area (Å²) in [6, 6.07) is 0. The molecule has 2 aliphatic heterocycles. The zero-order valence-electron chi connectivity index (χ0n) is 6.29. The van der Waals surface area contributed by atoms with E-state index in [0.717, 1.165) is 0 Å². The summed E-state index contributed by atoms with van der Waals surface area (Å²) in [7, 11) is 0. The molecule has 0 bridgehead atoms. The van der Waals surface area contributed by atoms with Gasteiger partial charge in [-0.2, -0.15) is 8.42 Å². The van der Waals surface area contributed by atoms with E-state index in [-0.39, 0.29) is 23.1 Å². The third-order valence-corrected chi connectivity index (χ3v) is 2.75. The molecule has 3 rings (SSSR count). The first-order valence-electron chi connectivity index (χ1n) is 3.34. The lowest BCUT2D eigenvalue weighted by Crippen LogP contribution is -1.99. The summed E-state index contributed by atoms with van der Waals surface area (Å²) < 4.78 is 40.6. The molecule has 74 valence electrons. The van der Waals surface area contributed by atoms with Crippen molar-refractivity contribution in [3.63, 3.8) is 0 Å². The molecule has 1 aromatic rings. The minimum absolute atomic E-state index is 0.0320. The van der Waals surface area contributed by atoms with Gasteiger partial charge in [0, 0.05) is 0 Å². The van der Waals surface area contributed by atoms with Gasteiger partial charge in [-0.15, -0.1) is 0 Å². The molecule has 0 saturated carbocycles. The molecule has 9 heteroatoms. The monoisotopic (exact) mass is 235 g/mol. The maximum atomic E-state index is 10.8. The lowest BCUT2D eigenvalue weighted by Gasteiger charge is -1.94. The van der Waals surface area contributed by atoms with Crippen molar-refractivity contribution >= 4 is 22.7 Å². The Morgan fingerprint density at radius 2 is 1.71 bits per heavy atom. The van der Waals surface area contributed by atoms with Crippen LogP contribution in [0.25, 0.3) is 0 Å². The fourth-order valence-electron chi connectivity index (χ4n) is 1.02. The van der Waals surface area contributed by atoms with E-state index >= 15 is 0 Å². The molecule has 1 aromatic heterocycles. The SMILES string of the molecule is O=S1Oc2cnc3c(c2O1)OS(=O)O3. The molecular formula is C5HNO6S2. The van der Waals surface area contributed by atoms with Crippen LogP contribution in [0.4, 0.5) is 0 Å². The van der Waals surface area contributed by atoms with Crippen molar-refractivity contribution in [2.24, 2.45) is 0 Å². The molecule has 0 spiro atoms. The number of aromatic nitrogens is 1. The van der Waals surface area contributed by atoms with Crippen LogP contribution in [-0.4, -0.2) is 13.4 Å². The highest BCUT2D eigenvalue weighted by molar-refractivity contribution is 7.76. The van der Waals surface area contributed by atoms with Gasteiger partial charge in [-0.25, -0.2) is 4.98 Å². The lowest BCUT2D eigenvalue weighted by molar-refractivity contribution is 0.498. The molecule has 2 atom stereocenters. The highest BCUT2D eigenvalue weighted by Crippen LogP contribution is 2.49. The van der Waals surface area contributed by atoms with Crippen LogP contribution in [-0.2, 0) is 22.7 Å². The zero-order valence-corrected chi connectivity index (χ0v) is 7.92. The van der Waals surface area contributed by atoms with Crippen molar-refractivity contribution in [2.75, 3.05) is 0 Å². The van der Waals surface area contributed by atoms with Gasteiger partial charge in [-0.05, 0) is 0 Å². The summed E-state index contributed by atoms with van der Waals surface area (Å²) in [5, 5.41) is 0. The Bertz CT molecular complexity index is 431. The zero-order chi connectivity index (χ0) is 9.71. The first-order chi connectivity index (χ1) is 6.74. The average molecular weight is 235 g/mol. The van der Waals surface area contributed by atoms with Crippen molar-refractivity contribution in [1.29, 1.82) is 0 Å². The van der Waals surface area contributed by atoms with Crippen LogP contribution < -0.4 is 16.7 Å². The van der Waals surface area contributed by atoms with Gasteiger partial charge in [0.05, 0.1) is 6.20 Å². The van der Waals surface area contributed by atoms with E-state index in [0.29, 0.717) is 0 Å². The number of hydrogen-bond donors (Lipinski definition) is 0. The van der Waals surface area contributed by atoms with Crippen LogP contribution in [0, 0.1) is 0 Å². The quantitative estimate of drug-likeness (QED) is 0.614. The Labute approximate surface area is 82.7 Å².